The molecular formula is C17H17OY+2. The zero-order chi connectivity index (χ0) is 12.5. The van der Waals surface area contributed by atoms with Crippen LogP contribution in [-0.2, 0) is 32.7 Å². The molecule has 0 fully saturated rings. The van der Waals surface area contributed by atoms with Gasteiger partial charge in [0, 0.05) is 5.75 Å². The van der Waals surface area contributed by atoms with Gasteiger partial charge in [0.05, 0.1) is 7.11 Å². The molecule has 0 amide bonds. The van der Waals surface area contributed by atoms with E-state index in [1.807, 2.05) is 6.07 Å². The Morgan fingerprint density at radius 2 is 2.00 bits per heavy atom. The summed E-state index contributed by atoms with van der Waals surface area (Å²) in [6, 6.07) is 6.21. The molecule has 0 unspecified atom stereocenters. The van der Waals surface area contributed by atoms with Crippen LogP contribution in [0.3, 0.4) is 0 Å². The summed E-state index contributed by atoms with van der Waals surface area (Å²) in [5, 5.41) is 0. The minimum atomic E-state index is 0. The Morgan fingerprint density at radius 1 is 1.16 bits per heavy atom. The van der Waals surface area contributed by atoms with E-state index in [-0.39, 0.29) is 32.7 Å². The molecule has 0 radical (unpaired) electrons. The van der Waals surface area contributed by atoms with Gasteiger partial charge in [0.2, 0.25) is 0 Å². The van der Waals surface area contributed by atoms with Crippen LogP contribution in [0, 0.1) is 6.92 Å². The van der Waals surface area contributed by atoms with Crippen LogP contribution in [0.25, 0.3) is 5.57 Å². The molecule has 0 heterocycles. The smallest absolute Gasteiger partial charge is 0.554 e. The van der Waals surface area contributed by atoms with Crippen molar-refractivity contribution in [3.8, 4) is 5.75 Å². The van der Waals surface area contributed by atoms with Gasteiger partial charge in [0.1, 0.15) is 0 Å². The summed E-state index contributed by atoms with van der Waals surface area (Å²) in [5.41, 5.74) is 6.32. The molecule has 1 nitrogen and oxygen atoms in total. The fourth-order valence-electron chi connectivity index (χ4n) is 2.62. The van der Waals surface area contributed by atoms with E-state index < -0.39 is 0 Å². The van der Waals surface area contributed by atoms with Gasteiger partial charge in [-0.1, -0.05) is 18.2 Å². The zero-order valence-corrected chi connectivity index (χ0v) is 14.1. The van der Waals surface area contributed by atoms with Gasteiger partial charge in [-0.05, 0) is 47.6 Å². The average molecular weight is 326 g/mol. The van der Waals surface area contributed by atoms with Crippen LogP contribution in [0.4, 0.5) is 0 Å². The third kappa shape index (κ3) is 2.88. The molecule has 2 heteroatoms. The molecule has 0 N–H and O–H groups in total. The molecule has 1 aromatic rings. The van der Waals surface area contributed by atoms with E-state index in [0.717, 1.165) is 11.3 Å². The second-order valence-corrected chi connectivity index (χ2v) is 4.85. The Balaban J connectivity index is 0.00000133. The molecular weight excluding hydrogens is 309 g/mol. The molecule has 3 rings (SSSR count). The first kappa shape index (κ1) is 14.6. The summed E-state index contributed by atoms with van der Waals surface area (Å²) in [5.74, 6) is 0.857. The summed E-state index contributed by atoms with van der Waals surface area (Å²) in [6.07, 6.45) is 10.6. The van der Waals surface area contributed by atoms with Crippen molar-refractivity contribution in [3.05, 3.63) is 65.6 Å². The maximum atomic E-state index is 5.34. The molecule has 0 saturated heterocycles. The molecule has 92 valence electrons. The number of allylic oxidation sites excluding steroid dienone is 6. The molecule has 1 aromatic carbocycles. The van der Waals surface area contributed by atoms with Crippen LogP contribution in [-0.4, -0.2) is 7.11 Å². The summed E-state index contributed by atoms with van der Waals surface area (Å²) in [4.78, 5) is 0. The molecule has 0 atom stereocenters. The molecule has 0 bridgehead atoms. The second kappa shape index (κ2) is 6.11. The second-order valence-electron chi connectivity index (χ2n) is 4.85. The van der Waals surface area contributed by atoms with E-state index >= 15 is 0 Å². The van der Waals surface area contributed by atoms with Crippen LogP contribution in [0.5, 0.6) is 5.75 Å². The summed E-state index contributed by atoms with van der Waals surface area (Å²) >= 11 is 0. The predicted octanol–water partition coefficient (Wildman–Crippen LogP) is 4.31. The number of hydrogen-bond acceptors (Lipinski definition) is 1. The van der Waals surface area contributed by atoms with E-state index in [4.69, 9.17) is 4.74 Å². The van der Waals surface area contributed by atoms with Gasteiger partial charge < -0.3 is 4.74 Å². The van der Waals surface area contributed by atoms with E-state index in [1.54, 1.807) is 7.11 Å². The van der Waals surface area contributed by atoms with Gasteiger partial charge in [-0.3, -0.25) is 0 Å². The number of fused-ring (bicyclic) bond motifs is 1. The summed E-state index contributed by atoms with van der Waals surface area (Å²) in [7, 11) is 1.69. The average Bonchev–Trinajstić information content (AvgIpc) is 2.83. The maximum Gasteiger partial charge on any atom is 3.00 e. The van der Waals surface area contributed by atoms with Crippen LogP contribution < -0.4 is 4.74 Å². The van der Waals surface area contributed by atoms with Crippen molar-refractivity contribution in [3.63, 3.8) is 0 Å². The molecule has 2 aliphatic rings. The van der Waals surface area contributed by atoms with E-state index in [1.165, 1.54) is 41.5 Å². The van der Waals surface area contributed by atoms with E-state index in [0.29, 0.717) is 0 Å². The van der Waals surface area contributed by atoms with E-state index in [9.17, 15) is 0 Å². The molecule has 19 heavy (non-hydrogen) atoms. The molecule has 0 aromatic heterocycles. The van der Waals surface area contributed by atoms with Gasteiger partial charge in [-0.15, -0.1) is 6.07 Å². The SMILES string of the molecule is [CH2-]c1ccc(C2=CC3=CCCCC3=C2)cc1OC.[Y+3]. The number of hydrogen-bond donors (Lipinski definition) is 0. The van der Waals surface area contributed by atoms with Crippen molar-refractivity contribution in [2.45, 2.75) is 19.3 Å². The molecule has 0 spiro atoms. The Hall–Kier alpha value is -0.786. The number of ether oxygens (including phenoxy) is 1. The van der Waals surface area contributed by atoms with Crippen LogP contribution in [0.2, 0.25) is 0 Å². The molecule has 2 aliphatic carbocycles. The number of rotatable bonds is 2. The van der Waals surface area contributed by atoms with Gasteiger partial charge in [0.25, 0.3) is 0 Å². The van der Waals surface area contributed by atoms with Gasteiger partial charge in [-0.2, -0.15) is 18.6 Å². The first-order chi connectivity index (χ1) is 8.78. The van der Waals surface area contributed by atoms with Crippen molar-refractivity contribution in [2.75, 3.05) is 7.11 Å². The minimum absolute atomic E-state index is 0. The summed E-state index contributed by atoms with van der Waals surface area (Å²) < 4.78 is 5.34. The number of methoxy groups -OCH3 is 1. The molecule has 0 aliphatic heterocycles. The monoisotopic (exact) mass is 326 g/mol. The fourth-order valence-corrected chi connectivity index (χ4v) is 2.62. The third-order valence-electron chi connectivity index (χ3n) is 3.65. The predicted molar refractivity (Wildman–Crippen MR) is 75.4 cm³/mol. The third-order valence-corrected chi connectivity index (χ3v) is 3.65. The van der Waals surface area contributed by atoms with E-state index in [2.05, 4.69) is 37.3 Å². The standard InChI is InChI=1S/C17H17O.Y/c1-12-7-8-15(11-17(12)18-2)16-9-13-5-3-4-6-14(13)10-16;/h5,7-11H,1,3-4,6H2,2H3;/q-1;+3. The van der Waals surface area contributed by atoms with Crippen molar-refractivity contribution in [1.82, 2.24) is 0 Å². The van der Waals surface area contributed by atoms with Crippen LogP contribution in [0.15, 0.2) is 47.6 Å². The Labute approximate surface area is 140 Å². The topological polar surface area (TPSA) is 9.23 Å². The van der Waals surface area contributed by atoms with Crippen molar-refractivity contribution in [1.29, 1.82) is 0 Å². The van der Waals surface area contributed by atoms with Crippen LogP contribution >= 0.6 is 0 Å². The Bertz CT molecular complexity index is 579. The van der Waals surface area contributed by atoms with Crippen LogP contribution in [0.1, 0.15) is 30.4 Å². The van der Waals surface area contributed by atoms with Gasteiger partial charge in [-0.25, -0.2) is 0 Å². The van der Waals surface area contributed by atoms with Crippen molar-refractivity contribution >= 4 is 5.57 Å². The minimum Gasteiger partial charge on any atom is -0.554 e. The molecule has 0 saturated carbocycles. The van der Waals surface area contributed by atoms with Crippen molar-refractivity contribution < 1.29 is 37.4 Å². The first-order valence-electron chi connectivity index (χ1n) is 6.41. The largest absolute Gasteiger partial charge is 3.00 e. The van der Waals surface area contributed by atoms with Gasteiger partial charge in [0.15, 0.2) is 0 Å². The first-order valence-corrected chi connectivity index (χ1v) is 6.41. The quantitative estimate of drug-likeness (QED) is 0.736. The summed E-state index contributed by atoms with van der Waals surface area (Å²) in [6.45, 7) is 3.96. The zero-order valence-electron chi connectivity index (χ0n) is 11.3. The maximum absolute atomic E-state index is 5.34. The van der Waals surface area contributed by atoms with Crippen molar-refractivity contribution in [2.24, 2.45) is 0 Å². The normalized spacial score (nSPS) is 16.8. The van der Waals surface area contributed by atoms with Gasteiger partial charge >= 0.3 is 32.7 Å². The number of benzene rings is 1. The Morgan fingerprint density at radius 3 is 2.74 bits per heavy atom. The Kier molecular flexibility index (Phi) is 4.70. The fraction of sp³-hybridized carbons (Fsp3) is 0.235.